The van der Waals surface area contributed by atoms with E-state index >= 15 is 0 Å². The monoisotopic (exact) mass is 261 g/mol. The van der Waals surface area contributed by atoms with Crippen LogP contribution in [0, 0.1) is 12.8 Å². The van der Waals surface area contributed by atoms with Gasteiger partial charge in [-0.2, -0.15) is 0 Å². The maximum absolute atomic E-state index is 11.5. The zero-order valence-electron chi connectivity index (χ0n) is 8.24. The Kier molecular flexibility index (Phi) is 3.62. The Balaban J connectivity index is 2.57. The molecule has 0 bridgehead atoms. The van der Waals surface area contributed by atoms with E-state index in [4.69, 9.17) is 4.42 Å². The summed E-state index contributed by atoms with van der Waals surface area (Å²) in [6, 6.07) is 0.137. The number of halogens is 1. The number of amides is 1. The number of carbonyl (C=O) groups is 1. The van der Waals surface area contributed by atoms with Crippen LogP contribution in [0.2, 0.25) is 0 Å². The molecule has 0 aromatic carbocycles. The number of aromatic nitrogens is 2. The molecule has 6 heteroatoms. The van der Waals surface area contributed by atoms with Gasteiger partial charge in [-0.3, -0.25) is 10.1 Å². The molecule has 0 saturated carbocycles. The summed E-state index contributed by atoms with van der Waals surface area (Å²) in [4.78, 5) is 11.2. The summed E-state index contributed by atoms with van der Waals surface area (Å²) in [6.07, 6.45) is 0. The van der Waals surface area contributed by atoms with Gasteiger partial charge in [0.25, 0.3) is 0 Å². The van der Waals surface area contributed by atoms with E-state index in [1.165, 1.54) is 0 Å². The van der Waals surface area contributed by atoms with Gasteiger partial charge in [-0.15, -0.1) is 5.10 Å². The topological polar surface area (TPSA) is 68.0 Å². The Bertz CT molecular complexity index is 324. The summed E-state index contributed by atoms with van der Waals surface area (Å²) >= 11 is 3.27. The molecule has 0 aliphatic rings. The van der Waals surface area contributed by atoms with Crippen molar-refractivity contribution in [2.75, 3.05) is 5.32 Å². The second-order valence-corrected chi connectivity index (χ2v) is 4.25. The zero-order chi connectivity index (χ0) is 10.7. The van der Waals surface area contributed by atoms with Gasteiger partial charge in [0.2, 0.25) is 11.8 Å². The molecule has 0 fully saturated rings. The van der Waals surface area contributed by atoms with Crippen LogP contribution in [0.4, 0.5) is 6.01 Å². The van der Waals surface area contributed by atoms with Crippen LogP contribution in [-0.2, 0) is 4.79 Å². The molecule has 1 atom stereocenters. The van der Waals surface area contributed by atoms with Crippen LogP contribution in [0.1, 0.15) is 19.7 Å². The normalized spacial score (nSPS) is 12.9. The van der Waals surface area contributed by atoms with Crippen molar-refractivity contribution in [2.24, 2.45) is 5.92 Å². The zero-order valence-corrected chi connectivity index (χ0v) is 9.83. The van der Waals surface area contributed by atoms with Crippen molar-refractivity contribution < 1.29 is 9.21 Å². The molecule has 0 aliphatic carbocycles. The Labute approximate surface area is 90.4 Å². The first-order valence-corrected chi connectivity index (χ1v) is 5.17. The van der Waals surface area contributed by atoms with Gasteiger partial charge in [-0.25, -0.2) is 0 Å². The number of aryl methyl sites for hydroxylation is 1. The van der Waals surface area contributed by atoms with Crippen molar-refractivity contribution in [1.29, 1.82) is 0 Å². The van der Waals surface area contributed by atoms with E-state index in [1.54, 1.807) is 6.92 Å². The molecule has 0 saturated heterocycles. The van der Waals surface area contributed by atoms with Gasteiger partial charge in [0.05, 0.1) is 4.83 Å². The highest BCUT2D eigenvalue weighted by Gasteiger charge is 2.20. The summed E-state index contributed by atoms with van der Waals surface area (Å²) in [5.74, 6) is 0.457. The number of rotatable bonds is 3. The van der Waals surface area contributed by atoms with Crippen molar-refractivity contribution in [3.8, 4) is 0 Å². The van der Waals surface area contributed by atoms with Gasteiger partial charge in [0.15, 0.2) is 0 Å². The van der Waals surface area contributed by atoms with Gasteiger partial charge in [0.1, 0.15) is 0 Å². The number of carbonyl (C=O) groups excluding carboxylic acids is 1. The molecular weight excluding hydrogens is 250 g/mol. The van der Waals surface area contributed by atoms with Crippen molar-refractivity contribution in [3.63, 3.8) is 0 Å². The fourth-order valence-electron chi connectivity index (χ4n) is 0.824. The Morgan fingerprint density at radius 1 is 1.50 bits per heavy atom. The number of nitrogens with one attached hydrogen (secondary N) is 1. The van der Waals surface area contributed by atoms with Gasteiger partial charge < -0.3 is 4.42 Å². The predicted molar refractivity (Wildman–Crippen MR) is 55.2 cm³/mol. The minimum atomic E-state index is -0.255. The summed E-state index contributed by atoms with van der Waals surface area (Å²) in [5, 5.41) is 9.77. The maximum atomic E-state index is 11.5. The van der Waals surface area contributed by atoms with Gasteiger partial charge in [0, 0.05) is 6.92 Å². The van der Waals surface area contributed by atoms with Crippen molar-refractivity contribution in [1.82, 2.24) is 10.2 Å². The summed E-state index contributed by atoms with van der Waals surface area (Å²) < 4.78 is 5.01. The average Bonchev–Trinajstić information content (AvgIpc) is 2.49. The standard InChI is InChI=1S/C8H12BrN3O2/c1-4(2)6(9)7(13)10-8-12-11-5(3)14-8/h4,6H,1-3H3,(H,10,12,13). The molecule has 1 heterocycles. The highest BCUT2D eigenvalue weighted by molar-refractivity contribution is 9.10. The fraction of sp³-hybridized carbons (Fsp3) is 0.625. The number of hydrogen-bond donors (Lipinski definition) is 1. The van der Waals surface area contributed by atoms with Gasteiger partial charge >= 0.3 is 6.01 Å². The molecule has 14 heavy (non-hydrogen) atoms. The lowest BCUT2D eigenvalue weighted by molar-refractivity contribution is -0.116. The third kappa shape index (κ3) is 2.80. The highest BCUT2D eigenvalue weighted by atomic mass is 79.9. The molecule has 0 spiro atoms. The first kappa shape index (κ1) is 11.2. The molecule has 5 nitrogen and oxygen atoms in total. The van der Waals surface area contributed by atoms with Crippen molar-refractivity contribution in [2.45, 2.75) is 25.6 Å². The SMILES string of the molecule is Cc1nnc(NC(=O)C(Br)C(C)C)o1. The minimum absolute atomic E-state index is 0.137. The Morgan fingerprint density at radius 3 is 2.57 bits per heavy atom. The number of nitrogens with zero attached hydrogens (tertiary/aromatic N) is 2. The molecule has 1 amide bonds. The van der Waals surface area contributed by atoms with E-state index in [9.17, 15) is 4.79 Å². The van der Waals surface area contributed by atoms with E-state index in [-0.39, 0.29) is 22.7 Å². The number of hydrogen-bond acceptors (Lipinski definition) is 4. The summed E-state index contributed by atoms with van der Waals surface area (Å²) in [7, 11) is 0. The van der Waals surface area contributed by atoms with Crippen LogP contribution >= 0.6 is 15.9 Å². The van der Waals surface area contributed by atoms with E-state index in [1.807, 2.05) is 13.8 Å². The molecule has 1 rings (SSSR count). The van der Waals surface area contributed by atoms with Crippen LogP contribution in [0.25, 0.3) is 0 Å². The van der Waals surface area contributed by atoms with Crippen LogP contribution in [-0.4, -0.2) is 20.9 Å². The number of anilines is 1. The quantitative estimate of drug-likeness (QED) is 0.842. The lowest BCUT2D eigenvalue weighted by Crippen LogP contribution is -2.27. The van der Waals surface area contributed by atoms with Crippen LogP contribution < -0.4 is 5.32 Å². The molecule has 1 unspecified atom stereocenters. The molecule has 78 valence electrons. The van der Waals surface area contributed by atoms with E-state index in [0.717, 1.165) is 0 Å². The minimum Gasteiger partial charge on any atom is -0.408 e. The molecule has 0 radical (unpaired) electrons. The fourth-order valence-corrected chi connectivity index (χ4v) is 0.939. The summed E-state index contributed by atoms with van der Waals surface area (Å²) in [5.41, 5.74) is 0. The first-order chi connectivity index (χ1) is 6.50. The van der Waals surface area contributed by atoms with E-state index in [0.29, 0.717) is 5.89 Å². The highest BCUT2D eigenvalue weighted by Crippen LogP contribution is 2.14. The third-order valence-corrected chi connectivity index (χ3v) is 3.07. The van der Waals surface area contributed by atoms with Crippen molar-refractivity contribution in [3.05, 3.63) is 5.89 Å². The second kappa shape index (κ2) is 4.54. The maximum Gasteiger partial charge on any atom is 0.322 e. The molecule has 1 N–H and O–H groups in total. The van der Waals surface area contributed by atoms with Gasteiger partial charge in [-0.05, 0) is 5.92 Å². The Hall–Kier alpha value is -0.910. The average molecular weight is 262 g/mol. The van der Waals surface area contributed by atoms with E-state index < -0.39 is 0 Å². The molecule has 1 aromatic rings. The second-order valence-electron chi connectivity index (χ2n) is 3.26. The smallest absolute Gasteiger partial charge is 0.322 e. The van der Waals surface area contributed by atoms with Crippen LogP contribution in [0.15, 0.2) is 4.42 Å². The predicted octanol–water partition coefficient (Wildman–Crippen LogP) is 1.74. The van der Waals surface area contributed by atoms with Gasteiger partial charge in [-0.1, -0.05) is 34.9 Å². The first-order valence-electron chi connectivity index (χ1n) is 4.25. The molecular formula is C8H12BrN3O2. The third-order valence-electron chi connectivity index (χ3n) is 1.59. The van der Waals surface area contributed by atoms with Crippen molar-refractivity contribution >= 4 is 27.9 Å². The lowest BCUT2D eigenvalue weighted by Gasteiger charge is -2.11. The molecule has 0 aliphatic heterocycles. The molecule has 1 aromatic heterocycles. The van der Waals surface area contributed by atoms with E-state index in [2.05, 4.69) is 31.4 Å². The summed E-state index contributed by atoms with van der Waals surface area (Å²) in [6.45, 7) is 5.55. The lowest BCUT2D eigenvalue weighted by atomic mass is 10.1. The largest absolute Gasteiger partial charge is 0.408 e. The Morgan fingerprint density at radius 2 is 2.14 bits per heavy atom. The van der Waals surface area contributed by atoms with Crippen LogP contribution in [0.3, 0.4) is 0 Å². The number of alkyl halides is 1. The van der Waals surface area contributed by atoms with Crippen LogP contribution in [0.5, 0.6) is 0 Å².